The molecule has 2 aliphatic heterocycles. The third-order valence-corrected chi connectivity index (χ3v) is 3.82. The Hall–Kier alpha value is -0.0800. The number of hydrogen-bond donors (Lipinski definition) is 0. The SMILES string of the molecule is COC(C)C12CCCN1CCC2. The summed E-state index contributed by atoms with van der Waals surface area (Å²) in [5.41, 5.74) is 0.425. The van der Waals surface area contributed by atoms with Gasteiger partial charge in [-0.05, 0) is 45.7 Å². The van der Waals surface area contributed by atoms with Gasteiger partial charge in [0.25, 0.3) is 0 Å². The van der Waals surface area contributed by atoms with E-state index in [9.17, 15) is 0 Å². The molecule has 0 spiro atoms. The Kier molecular flexibility index (Phi) is 2.13. The predicted molar refractivity (Wildman–Crippen MR) is 49.2 cm³/mol. The average molecular weight is 169 g/mol. The molecule has 0 aromatic carbocycles. The summed E-state index contributed by atoms with van der Waals surface area (Å²) >= 11 is 0. The van der Waals surface area contributed by atoms with Crippen LogP contribution in [0.25, 0.3) is 0 Å². The second-order valence-corrected chi connectivity index (χ2v) is 4.18. The number of fused-ring (bicyclic) bond motifs is 1. The summed E-state index contributed by atoms with van der Waals surface area (Å²) in [6.07, 6.45) is 5.85. The fraction of sp³-hybridized carbons (Fsp3) is 1.00. The molecular weight excluding hydrogens is 150 g/mol. The largest absolute Gasteiger partial charge is 0.380 e. The lowest BCUT2D eigenvalue weighted by molar-refractivity contribution is -0.00422. The number of rotatable bonds is 2. The van der Waals surface area contributed by atoms with Gasteiger partial charge in [0, 0.05) is 12.6 Å². The second kappa shape index (κ2) is 3.00. The summed E-state index contributed by atoms with van der Waals surface area (Å²) in [5, 5.41) is 0. The lowest BCUT2D eigenvalue weighted by Crippen LogP contribution is -2.48. The Morgan fingerprint density at radius 3 is 2.33 bits per heavy atom. The quantitative estimate of drug-likeness (QED) is 0.623. The van der Waals surface area contributed by atoms with Crippen molar-refractivity contribution in [2.24, 2.45) is 0 Å². The van der Waals surface area contributed by atoms with Crippen molar-refractivity contribution in [2.45, 2.75) is 44.2 Å². The van der Waals surface area contributed by atoms with Crippen molar-refractivity contribution in [3.8, 4) is 0 Å². The third kappa shape index (κ3) is 1.01. The molecule has 0 radical (unpaired) electrons. The van der Waals surface area contributed by atoms with E-state index in [1.54, 1.807) is 0 Å². The van der Waals surface area contributed by atoms with E-state index in [0.717, 1.165) is 0 Å². The molecule has 0 aromatic rings. The first-order valence-electron chi connectivity index (χ1n) is 5.07. The molecule has 12 heavy (non-hydrogen) atoms. The topological polar surface area (TPSA) is 12.5 Å². The molecule has 1 atom stereocenters. The average Bonchev–Trinajstić information content (AvgIpc) is 2.60. The van der Waals surface area contributed by atoms with Gasteiger partial charge in [-0.2, -0.15) is 0 Å². The molecule has 2 heteroatoms. The molecule has 2 rings (SSSR count). The van der Waals surface area contributed by atoms with E-state index in [-0.39, 0.29) is 0 Å². The highest BCUT2D eigenvalue weighted by molar-refractivity contribution is 5.03. The maximum Gasteiger partial charge on any atom is 0.0726 e. The third-order valence-electron chi connectivity index (χ3n) is 3.82. The first-order valence-corrected chi connectivity index (χ1v) is 5.07. The highest BCUT2D eigenvalue weighted by atomic mass is 16.5. The van der Waals surface area contributed by atoms with Gasteiger partial charge in [0.05, 0.1) is 6.10 Å². The Bertz CT molecular complexity index is 159. The van der Waals surface area contributed by atoms with Crippen molar-refractivity contribution in [1.82, 2.24) is 4.90 Å². The zero-order chi connectivity index (χ0) is 8.60. The van der Waals surface area contributed by atoms with Gasteiger partial charge < -0.3 is 4.74 Å². The van der Waals surface area contributed by atoms with Gasteiger partial charge in [-0.1, -0.05) is 0 Å². The van der Waals surface area contributed by atoms with E-state index in [1.807, 2.05) is 7.11 Å². The number of nitrogens with zero attached hydrogens (tertiary/aromatic N) is 1. The van der Waals surface area contributed by atoms with Gasteiger partial charge in [0.15, 0.2) is 0 Å². The highest BCUT2D eigenvalue weighted by Gasteiger charge is 2.48. The van der Waals surface area contributed by atoms with E-state index < -0.39 is 0 Å². The summed E-state index contributed by atoms with van der Waals surface area (Å²) in [4.78, 5) is 2.64. The zero-order valence-electron chi connectivity index (χ0n) is 8.18. The van der Waals surface area contributed by atoms with Crippen LogP contribution in [-0.2, 0) is 4.74 Å². The molecule has 0 bridgehead atoms. The van der Waals surface area contributed by atoms with Gasteiger partial charge in [0.2, 0.25) is 0 Å². The normalized spacial score (nSPS) is 30.5. The summed E-state index contributed by atoms with van der Waals surface area (Å²) in [7, 11) is 1.84. The Morgan fingerprint density at radius 2 is 1.83 bits per heavy atom. The van der Waals surface area contributed by atoms with Crippen LogP contribution in [0.5, 0.6) is 0 Å². The van der Waals surface area contributed by atoms with Crippen molar-refractivity contribution in [2.75, 3.05) is 20.2 Å². The lowest BCUT2D eigenvalue weighted by Gasteiger charge is -2.36. The zero-order valence-corrected chi connectivity index (χ0v) is 8.18. The fourth-order valence-corrected chi connectivity index (χ4v) is 3.03. The summed E-state index contributed by atoms with van der Waals surface area (Å²) in [5.74, 6) is 0. The molecule has 2 aliphatic rings. The smallest absolute Gasteiger partial charge is 0.0726 e. The monoisotopic (exact) mass is 169 g/mol. The molecule has 2 saturated heterocycles. The van der Waals surface area contributed by atoms with Crippen LogP contribution in [0.4, 0.5) is 0 Å². The van der Waals surface area contributed by atoms with Crippen LogP contribution in [0, 0.1) is 0 Å². The molecule has 1 unspecified atom stereocenters. The molecule has 0 amide bonds. The summed E-state index contributed by atoms with van der Waals surface area (Å²) < 4.78 is 5.50. The van der Waals surface area contributed by atoms with Crippen molar-refractivity contribution in [1.29, 1.82) is 0 Å². The van der Waals surface area contributed by atoms with Crippen molar-refractivity contribution in [3.63, 3.8) is 0 Å². The van der Waals surface area contributed by atoms with E-state index in [4.69, 9.17) is 4.74 Å². The van der Waals surface area contributed by atoms with E-state index >= 15 is 0 Å². The molecule has 2 nitrogen and oxygen atoms in total. The van der Waals surface area contributed by atoms with Crippen LogP contribution in [-0.4, -0.2) is 36.7 Å². The summed E-state index contributed by atoms with van der Waals surface area (Å²) in [6, 6.07) is 0. The Balaban J connectivity index is 2.16. The lowest BCUT2D eigenvalue weighted by atomic mass is 9.88. The maximum atomic E-state index is 5.50. The molecule has 2 heterocycles. The molecule has 0 aliphatic carbocycles. The van der Waals surface area contributed by atoms with E-state index in [0.29, 0.717) is 11.6 Å². The fourth-order valence-electron chi connectivity index (χ4n) is 3.03. The minimum atomic E-state index is 0.419. The van der Waals surface area contributed by atoms with Gasteiger partial charge in [0.1, 0.15) is 0 Å². The number of hydrogen-bond acceptors (Lipinski definition) is 2. The van der Waals surface area contributed by atoms with E-state index in [2.05, 4.69) is 11.8 Å². The van der Waals surface area contributed by atoms with Crippen molar-refractivity contribution >= 4 is 0 Å². The van der Waals surface area contributed by atoms with Gasteiger partial charge >= 0.3 is 0 Å². The van der Waals surface area contributed by atoms with Crippen molar-refractivity contribution < 1.29 is 4.74 Å². The van der Waals surface area contributed by atoms with Crippen LogP contribution in [0.2, 0.25) is 0 Å². The minimum Gasteiger partial charge on any atom is -0.380 e. The first kappa shape index (κ1) is 8.52. The van der Waals surface area contributed by atoms with Crippen molar-refractivity contribution in [3.05, 3.63) is 0 Å². The molecule has 0 N–H and O–H groups in total. The molecular formula is C10H19NO. The van der Waals surface area contributed by atoms with Crippen LogP contribution in [0.15, 0.2) is 0 Å². The second-order valence-electron chi connectivity index (χ2n) is 4.18. The van der Waals surface area contributed by atoms with E-state index in [1.165, 1.54) is 38.8 Å². The number of ether oxygens (including phenoxy) is 1. The molecule has 0 saturated carbocycles. The van der Waals surface area contributed by atoms with Gasteiger partial charge in [-0.25, -0.2) is 0 Å². The molecule has 70 valence electrons. The van der Waals surface area contributed by atoms with Gasteiger partial charge in [-0.15, -0.1) is 0 Å². The Labute approximate surface area is 74.9 Å². The van der Waals surface area contributed by atoms with Crippen LogP contribution in [0.1, 0.15) is 32.6 Å². The van der Waals surface area contributed by atoms with Crippen LogP contribution in [0.3, 0.4) is 0 Å². The number of methoxy groups -OCH3 is 1. The highest BCUT2D eigenvalue weighted by Crippen LogP contribution is 2.41. The molecule has 2 fully saturated rings. The van der Waals surface area contributed by atoms with Crippen LogP contribution >= 0.6 is 0 Å². The molecule has 0 aromatic heterocycles. The Morgan fingerprint density at radius 1 is 1.25 bits per heavy atom. The van der Waals surface area contributed by atoms with Crippen LogP contribution < -0.4 is 0 Å². The maximum absolute atomic E-state index is 5.50. The first-order chi connectivity index (χ1) is 5.79. The standard InChI is InChI=1S/C10H19NO/c1-9(12-2)10-5-3-7-11(10)8-4-6-10/h9H,3-8H2,1-2H3. The summed E-state index contributed by atoms with van der Waals surface area (Å²) in [6.45, 7) is 4.82. The predicted octanol–water partition coefficient (Wildman–Crippen LogP) is 1.65. The van der Waals surface area contributed by atoms with Gasteiger partial charge in [-0.3, -0.25) is 4.90 Å². The minimum absolute atomic E-state index is 0.419.